The van der Waals surface area contributed by atoms with Gasteiger partial charge in [0.15, 0.2) is 0 Å². The first kappa shape index (κ1) is 15.3. The van der Waals surface area contributed by atoms with Crippen LogP contribution >= 0.6 is 11.6 Å². The summed E-state index contributed by atoms with van der Waals surface area (Å²) in [5.41, 5.74) is 0.0475. The molecule has 0 aliphatic heterocycles. The van der Waals surface area contributed by atoms with E-state index in [2.05, 4.69) is 5.32 Å². The highest BCUT2D eigenvalue weighted by atomic mass is 35.5. The smallest absolute Gasteiger partial charge is 0.255 e. The third-order valence-electron chi connectivity index (χ3n) is 2.77. The van der Waals surface area contributed by atoms with Gasteiger partial charge in [0.05, 0.1) is 5.56 Å². The number of carbonyl (C=O) groups excluding carboxylic acids is 2. The molecule has 1 rings (SSSR count). The van der Waals surface area contributed by atoms with E-state index in [9.17, 15) is 14.7 Å². The summed E-state index contributed by atoms with van der Waals surface area (Å²) in [7, 11) is 1.65. The highest BCUT2D eigenvalue weighted by Gasteiger charge is 2.20. The molecule has 1 aromatic rings. The van der Waals surface area contributed by atoms with Gasteiger partial charge in [0.2, 0.25) is 5.91 Å². The Labute approximate surface area is 117 Å². The number of benzene rings is 1. The van der Waals surface area contributed by atoms with E-state index in [1.807, 2.05) is 6.92 Å². The Morgan fingerprint density at radius 1 is 1.47 bits per heavy atom. The van der Waals surface area contributed by atoms with E-state index in [4.69, 9.17) is 11.6 Å². The number of nitrogens with zero attached hydrogens (tertiary/aromatic N) is 1. The average Bonchev–Trinajstić information content (AvgIpc) is 2.39. The van der Waals surface area contributed by atoms with E-state index in [1.54, 1.807) is 14.0 Å². The molecule has 19 heavy (non-hydrogen) atoms. The monoisotopic (exact) mass is 284 g/mol. The van der Waals surface area contributed by atoms with Crippen molar-refractivity contribution in [2.24, 2.45) is 0 Å². The van der Waals surface area contributed by atoms with Crippen molar-refractivity contribution in [1.29, 1.82) is 0 Å². The number of halogens is 1. The molecule has 0 fully saturated rings. The number of hydrogen-bond donors (Lipinski definition) is 2. The Morgan fingerprint density at radius 3 is 2.68 bits per heavy atom. The Kier molecular flexibility index (Phi) is 5.18. The zero-order valence-electron chi connectivity index (χ0n) is 11.1. The van der Waals surface area contributed by atoms with Crippen LogP contribution in [0.4, 0.5) is 0 Å². The van der Waals surface area contributed by atoms with Crippen molar-refractivity contribution in [3.05, 3.63) is 28.8 Å². The van der Waals surface area contributed by atoms with E-state index in [0.717, 1.165) is 0 Å². The molecule has 0 aliphatic carbocycles. The zero-order valence-corrected chi connectivity index (χ0v) is 11.9. The van der Waals surface area contributed by atoms with Crippen LogP contribution < -0.4 is 5.32 Å². The van der Waals surface area contributed by atoms with Crippen molar-refractivity contribution in [3.8, 4) is 5.75 Å². The molecule has 0 heterocycles. The minimum Gasteiger partial charge on any atom is -0.507 e. The molecule has 0 aliphatic rings. The van der Waals surface area contributed by atoms with Crippen LogP contribution in [-0.2, 0) is 4.79 Å². The summed E-state index contributed by atoms with van der Waals surface area (Å²) in [5, 5.41) is 12.5. The van der Waals surface area contributed by atoms with Gasteiger partial charge in [0.25, 0.3) is 5.91 Å². The zero-order chi connectivity index (χ0) is 14.6. The second-order valence-electron chi connectivity index (χ2n) is 4.21. The number of phenolic OH excluding ortho intramolecular Hbond substituents is 1. The van der Waals surface area contributed by atoms with Crippen LogP contribution in [0.2, 0.25) is 5.02 Å². The normalized spacial score (nSPS) is 11.8. The number of amides is 2. The van der Waals surface area contributed by atoms with Gasteiger partial charge in [-0.3, -0.25) is 9.59 Å². The quantitative estimate of drug-likeness (QED) is 0.883. The summed E-state index contributed by atoms with van der Waals surface area (Å²) >= 11 is 5.77. The van der Waals surface area contributed by atoms with E-state index in [-0.39, 0.29) is 17.2 Å². The topological polar surface area (TPSA) is 69.6 Å². The lowest BCUT2D eigenvalue weighted by Gasteiger charge is -2.20. The molecular formula is C13H17ClN2O3. The summed E-state index contributed by atoms with van der Waals surface area (Å²) in [5.74, 6) is -0.909. The van der Waals surface area contributed by atoms with Gasteiger partial charge in [-0.05, 0) is 32.0 Å². The largest absolute Gasteiger partial charge is 0.507 e. The van der Waals surface area contributed by atoms with Crippen LogP contribution in [0.15, 0.2) is 18.2 Å². The maximum Gasteiger partial charge on any atom is 0.255 e. The van der Waals surface area contributed by atoms with Crippen LogP contribution in [0.1, 0.15) is 24.2 Å². The minimum absolute atomic E-state index is 0.0475. The van der Waals surface area contributed by atoms with Gasteiger partial charge in [-0.25, -0.2) is 0 Å². The van der Waals surface area contributed by atoms with Crippen molar-refractivity contribution in [2.45, 2.75) is 19.9 Å². The number of likely N-dealkylation sites (N-methyl/N-ethyl adjacent to an activating group) is 1. The first-order valence-corrected chi connectivity index (χ1v) is 6.29. The molecule has 0 radical (unpaired) electrons. The maximum absolute atomic E-state index is 11.9. The summed E-state index contributed by atoms with van der Waals surface area (Å²) in [6, 6.07) is 3.50. The molecule has 2 N–H and O–H groups in total. The maximum atomic E-state index is 11.9. The SMILES string of the molecule is CCN(C)C(=O)C(C)NC(=O)c1cc(Cl)ccc1O. The van der Waals surface area contributed by atoms with Gasteiger partial charge in [-0.1, -0.05) is 11.6 Å². The molecular weight excluding hydrogens is 268 g/mol. The van der Waals surface area contributed by atoms with E-state index < -0.39 is 11.9 Å². The van der Waals surface area contributed by atoms with Crippen molar-refractivity contribution in [2.75, 3.05) is 13.6 Å². The van der Waals surface area contributed by atoms with Crippen molar-refractivity contribution < 1.29 is 14.7 Å². The molecule has 5 nitrogen and oxygen atoms in total. The Morgan fingerprint density at radius 2 is 2.11 bits per heavy atom. The van der Waals surface area contributed by atoms with Crippen molar-refractivity contribution in [3.63, 3.8) is 0 Å². The molecule has 104 valence electrons. The summed E-state index contributed by atoms with van der Waals surface area (Å²) in [6.45, 7) is 3.99. The lowest BCUT2D eigenvalue weighted by Crippen LogP contribution is -2.45. The lowest BCUT2D eigenvalue weighted by atomic mass is 10.1. The van der Waals surface area contributed by atoms with Crippen LogP contribution in [-0.4, -0.2) is 41.5 Å². The average molecular weight is 285 g/mol. The fourth-order valence-electron chi connectivity index (χ4n) is 1.51. The minimum atomic E-state index is -0.671. The van der Waals surface area contributed by atoms with E-state index >= 15 is 0 Å². The highest BCUT2D eigenvalue weighted by Crippen LogP contribution is 2.21. The van der Waals surface area contributed by atoms with Gasteiger partial charge in [0, 0.05) is 18.6 Å². The van der Waals surface area contributed by atoms with E-state index in [0.29, 0.717) is 11.6 Å². The predicted molar refractivity (Wildman–Crippen MR) is 73.4 cm³/mol. The number of hydrogen-bond acceptors (Lipinski definition) is 3. The number of carbonyl (C=O) groups is 2. The van der Waals surface area contributed by atoms with Gasteiger partial charge in [-0.2, -0.15) is 0 Å². The molecule has 0 bridgehead atoms. The molecule has 1 unspecified atom stereocenters. The number of aromatic hydroxyl groups is 1. The van der Waals surface area contributed by atoms with Crippen molar-refractivity contribution >= 4 is 23.4 Å². The Balaban J connectivity index is 2.80. The summed E-state index contributed by atoms with van der Waals surface area (Å²) in [4.78, 5) is 25.3. The molecule has 0 saturated heterocycles. The summed E-state index contributed by atoms with van der Waals surface area (Å²) < 4.78 is 0. The standard InChI is InChI=1S/C13H17ClN2O3/c1-4-16(3)13(19)8(2)15-12(18)10-7-9(14)5-6-11(10)17/h5-8,17H,4H2,1-3H3,(H,15,18). The lowest BCUT2D eigenvalue weighted by molar-refractivity contribution is -0.131. The number of phenols is 1. The fourth-order valence-corrected chi connectivity index (χ4v) is 1.68. The first-order valence-electron chi connectivity index (χ1n) is 5.91. The van der Waals surface area contributed by atoms with Crippen LogP contribution in [0.25, 0.3) is 0 Å². The van der Waals surface area contributed by atoms with E-state index in [1.165, 1.54) is 23.1 Å². The third kappa shape index (κ3) is 3.86. The molecule has 0 spiro atoms. The molecule has 2 amide bonds. The second kappa shape index (κ2) is 6.43. The van der Waals surface area contributed by atoms with Crippen LogP contribution in [0.3, 0.4) is 0 Å². The van der Waals surface area contributed by atoms with Gasteiger partial charge < -0.3 is 15.3 Å². The third-order valence-corrected chi connectivity index (χ3v) is 3.01. The van der Waals surface area contributed by atoms with Gasteiger partial charge >= 0.3 is 0 Å². The van der Waals surface area contributed by atoms with Crippen molar-refractivity contribution in [1.82, 2.24) is 10.2 Å². The summed E-state index contributed by atoms with van der Waals surface area (Å²) in [6.07, 6.45) is 0. The number of rotatable bonds is 4. The van der Waals surface area contributed by atoms with Gasteiger partial charge in [0.1, 0.15) is 11.8 Å². The Bertz CT molecular complexity index is 491. The highest BCUT2D eigenvalue weighted by molar-refractivity contribution is 6.31. The van der Waals surface area contributed by atoms with Crippen LogP contribution in [0, 0.1) is 0 Å². The molecule has 0 saturated carbocycles. The predicted octanol–water partition coefficient (Wildman–Crippen LogP) is 1.64. The van der Waals surface area contributed by atoms with Gasteiger partial charge in [-0.15, -0.1) is 0 Å². The number of nitrogens with one attached hydrogen (secondary N) is 1. The Hall–Kier alpha value is -1.75. The molecule has 0 aromatic heterocycles. The molecule has 1 aromatic carbocycles. The second-order valence-corrected chi connectivity index (χ2v) is 4.65. The first-order chi connectivity index (χ1) is 8.86. The molecule has 1 atom stereocenters. The van der Waals surface area contributed by atoms with Crippen LogP contribution in [0.5, 0.6) is 5.75 Å². The molecule has 6 heteroatoms. The fraction of sp³-hybridized carbons (Fsp3) is 0.385.